The number of carbonyl (C=O) groups is 2. The molecule has 0 spiro atoms. The molecular formula is C23H36FN4O5+. The van der Waals surface area contributed by atoms with Crippen LogP contribution in [-0.2, 0) is 34.0 Å². The number of ether oxygens (including phenoxy) is 2. The van der Waals surface area contributed by atoms with E-state index in [0.29, 0.717) is 39.0 Å². The van der Waals surface area contributed by atoms with E-state index in [2.05, 4.69) is 16.1 Å². The van der Waals surface area contributed by atoms with Crippen molar-refractivity contribution in [1.82, 2.24) is 9.47 Å². The Morgan fingerprint density at radius 1 is 1.36 bits per heavy atom. The third-order valence-corrected chi connectivity index (χ3v) is 5.94. The van der Waals surface area contributed by atoms with Crippen molar-refractivity contribution >= 4 is 23.7 Å². The number of hydrogen-bond donors (Lipinski definition) is 2. The largest absolute Gasteiger partial charge is 0.484 e. The zero-order valence-corrected chi connectivity index (χ0v) is 19.5. The van der Waals surface area contributed by atoms with Crippen molar-refractivity contribution < 1.29 is 33.1 Å². The van der Waals surface area contributed by atoms with Gasteiger partial charge in [0.25, 0.3) is 11.7 Å². The minimum atomic E-state index is -0.421. The maximum absolute atomic E-state index is 12.3. The van der Waals surface area contributed by atoms with Gasteiger partial charge in [0.2, 0.25) is 0 Å². The summed E-state index contributed by atoms with van der Waals surface area (Å²) in [6.45, 7) is 7.93. The van der Waals surface area contributed by atoms with Gasteiger partial charge in [-0.05, 0) is 38.3 Å². The van der Waals surface area contributed by atoms with Gasteiger partial charge >= 0.3 is 0 Å². The van der Waals surface area contributed by atoms with Gasteiger partial charge in [-0.25, -0.2) is 9.13 Å². The predicted octanol–water partition coefficient (Wildman–Crippen LogP) is 0.959. The number of halogens is 1. The first kappa shape index (κ1) is 26.7. The fourth-order valence-corrected chi connectivity index (χ4v) is 4.43. The average molecular weight is 468 g/mol. The quantitative estimate of drug-likeness (QED) is 0.587. The standard InChI is InChI=1S/C21H31N4O4.CH3F.CH2O/c1-2-24-18-6-5-16(29-14-21(27)23-8-7-15(26)12-23)10-19(18)25(20(24)11-22)13-17-4-3-9-28-17;2*1-2/h5-6,10,15,17,26H,2-4,7-9,11-14,22H2,1H3;1H3;1H2/q+1;;. The predicted molar refractivity (Wildman–Crippen MR) is 122 cm³/mol. The van der Waals surface area contributed by atoms with Gasteiger partial charge in [-0.2, -0.15) is 0 Å². The summed E-state index contributed by atoms with van der Waals surface area (Å²) in [5.41, 5.74) is 8.25. The van der Waals surface area contributed by atoms with Crippen molar-refractivity contribution in [3.05, 3.63) is 24.0 Å². The van der Waals surface area contributed by atoms with Gasteiger partial charge in [0.05, 0.1) is 32.5 Å². The monoisotopic (exact) mass is 467 g/mol. The summed E-state index contributed by atoms with van der Waals surface area (Å²) in [5.74, 6) is 1.63. The minimum absolute atomic E-state index is 0.0256. The lowest BCUT2D eigenvalue weighted by atomic mass is 10.2. The van der Waals surface area contributed by atoms with E-state index in [1.165, 1.54) is 0 Å². The Morgan fingerprint density at radius 3 is 2.70 bits per heavy atom. The molecule has 2 aliphatic heterocycles. The van der Waals surface area contributed by atoms with Gasteiger partial charge in [-0.3, -0.25) is 9.18 Å². The molecule has 0 bridgehead atoms. The molecule has 2 fully saturated rings. The van der Waals surface area contributed by atoms with Crippen molar-refractivity contribution in [2.24, 2.45) is 5.73 Å². The highest BCUT2D eigenvalue weighted by Crippen LogP contribution is 2.24. The Hall–Kier alpha value is -2.56. The molecule has 2 saturated heterocycles. The Kier molecular flexibility index (Phi) is 10.7. The molecule has 2 aliphatic rings. The van der Waals surface area contributed by atoms with Crippen molar-refractivity contribution in [2.45, 2.75) is 58.0 Å². The molecule has 3 heterocycles. The Balaban J connectivity index is 0.000000914. The van der Waals surface area contributed by atoms with E-state index in [-0.39, 0.29) is 18.6 Å². The van der Waals surface area contributed by atoms with E-state index in [1.54, 1.807) is 4.90 Å². The average Bonchev–Trinajstić information content (AvgIpc) is 3.60. The van der Waals surface area contributed by atoms with Gasteiger partial charge in [-0.1, -0.05) is 0 Å². The molecule has 1 aromatic heterocycles. The number of aliphatic hydroxyl groups is 1. The van der Waals surface area contributed by atoms with Crippen LogP contribution in [0.3, 0.4) is 0 Å². The van der Waals surface area contributed by atoms with Gasteiger partial charge in [-0.15, -0.1) is 0 Å². The number of hydrogen-bond acceptors (Lipinski definition) is 6. The molecule has 9 nitrogen and oxygen atoms in total. The zero-order valence-electron chi connectivity index (χ0n) is 19.5. The van der Waals surface area contributed by atoms with Gasteiger partial charge < -0.3 is 30.0 Å². The number of likely N-dealkylation sites (tertiary alicyclic amines) is 1. The van der Waals surface area contributed by atoms with E-state index in [0.717, 1.165) is 49.4 Å². The molecule has 1 aromatic carbocycles. The number of aromatic nitrogens is 2. The number of fused-ring (bicyclic) bond motifs is 1. The number of carbonyl (C=O) groups excluding carboxylic acids is 2. The van der Waals surface area contributed by atoms with Crippen LogP contribution in [-0.4, -0.2) is 73.0 Å². The first-order valence-corrected chi connectivity index (χ1v) is 11.2. The molecule has 0 aliphatic carbocycles. The van der Waals surface area contributed by atoms with Crippen LogP contribution < -0.4 is 15.0 Å². The van der Waals surface area contributed by atoms with Crippen LogP contribution in [0.4, 0.5) is 4.39 Å². The van der Waals surface area contributed by atoms with Gasteiger partial charge in [0.1, 0.15) is 19.1 Å². The summed E-state index contributed by atoms with van der Waals surface area (Å²) in [4.78, 5) is 22.0. The Labute approximate surface area is 193 Å². The lowest BCUT2D eigenvalue weighted by Gasteiger charge is -2.15. The van der Waals surface area contributed by atoms with E-state index < -0.39 is 6.10 Å². The van der Waals surface area contributed by atoms with Crippen molar-refractivity contribution in [3.63, 3.8) is 0 Å². The van der Waals surface area contributed by atoms with Crippen molar-refractivity contribution in [1.29, 1.82) is 0 Å². The molecule has 4 rings (SSSR count). The van der Waals surface area contributed by atoms with Gasteiger partial charge in [0, 0.05) is 25.8 Å². The normalized spacial score (nSPS) is 19.6. The summed E-state index contributed by atoms with van der Waals surface area (Å²) >= 11 is 0. The number of nitrogens with zero attached hydrogens (tertiary/aromatic N) is 3. The number of aryl methyl sites for hydroxylation is 1. The first-order valence-electron chi connectivity index (χ1n) is 11.2. The SMILES string of the molecule is C=O.CC[n+]1c(CN)n(CC2CCCO2)c2cc(OCC(=O)N3CCC(O)C3)ccc21.CF. The van der Waals surface area contributed by atoms with Crippen LogP contribution in [0.1, 0.15) is 32.0 Å². The number of benzene rings is 1. The molecule has 0 radical (unpaired) electrons. The zero-order chi connectivity index (χ0) is 24.4. The Bertz CT molecular complexity index is 901. The lowest BCUT2D eigenvalue weighted by Crippen LogP contribution is -2.38. The molecule has 33 heavy (non-hydrogen) atoms. The highest BCUT2D eigenvalue weighted by Gasteiger charge is 2.28. The van der Waals surface area contributed by atoms with E-state index in [1.807, 2.05) is 25.0 Å². The van der Waals surface area contributed by atoms with E-state index >= 15 is 0 Å². The van der Waals surface area contributed by atoms with Crippen LogP contribution in [0, 0.1) is 0 Å². The topological polar surface area (TPSA) is 111 Å². The van der Waals surface area contributed by atoms with Crippen molar-refractivity contribution in [2.75, 3.05) is 33.5 Å². The third-order valence-electron chi connectivity index (χ3n) is 5.94. The second kappa shape index (κ2) is 13.2. The van der Waals surface area contributed by atoms with Crippen molar-refractivity contribution in [3.8, 4) is 5.75 Å². The molecule has 2 unspecified atom stereocenters. The molecular weight excluding hydrogens is 431 g/mol. The molecule has 184 valence electrons. The molecule has 10 heteroatoms. The maximum Gasteiger partial charge on any atom is 0.271 e. The first-order chi connectivity index (χ1) is 16.1. The number of aliphatic hydroxyl groups excluding tert-OH is 1. The summed E-state index contributed by atoms with van der Waals surface area (Å²) in [5, 5.41) is 9.61. The number of rotatable bonds is 7. The number of alkyl halides is 1. The van der Waals surface area contributed by atoms with Crippen LogP contribution in [0.5, 0.6) is 5.75 Å². The number of β-amino-alcohol motifs (C(OH)–C–C–N with tert-alkyl or cyclic N) is 1. The third kappa shape index (κ3) is 6.27. The molecule has 2 aromatic rings. The van der Waals surface area contributed by atoms with Crippen LogP contribution in [0.2, 0.25) is 0 Å². The number of amides is 1. The molecule has 0 saturated carbocycles. The summed E-state index contributed by atoms with van der Waals surface area (Å²) < 4.78 is 25.6. The second-order valence-electron chi connectivity index (χ2n) is 7.83. The van der Waals surface area contributed by atoms with E-state index in [9.17, 15) is 14.3 Å². The van der Waals surface area contributed by atoms with Crippen LogP contribution >= 0.6 is 0 Å². The maximum atomic E-state index is 12.3. The fourth-order valence-electron chi connectivity index (χ4n) is 4.43. The summed E-state index contributed by atoms with van der Waals surface area (Å²) in [6, 6.07) is 5.92. The highest BCUT2D eigenvalue weighted by atomic mass is 19.1. The van der Waals surface area contributed by atoms with Gasteiger partial charge in [0.15, 0.2) is 17.6 Å². The number of imidazole rings is 1. The minimum Gasteiger partial charge on any atom is -0.484 e. The van der Waals surface area contributed by atoms with Crippen LogP contribution in [0.25, 0.3) is 11.0 Å². The molecule has 2 atom stereocenters. The van der Waals surface area contributed by atoms with E-state index in [4.69, 9.17) is 20.0 Å². The fraction of sp³-hybridized carbons (Fsp3) is 0.609. The summed E-state index contributed by atoms with van der Waals surface area (Å²) in [7, 11) is 0.500. The molecule has 3 N–H and O–H groups in total. The van der Waals surface area contributed by atoms with Crippen LogP contribution in [0.15, 0.2) is 18.2 Å². The Morgan fingerprint density at radius 2 is 2.12 bits per heavy atom. The smallest absolute Gasteiger partial charge is 0.271 e. The highest BCUT2D eigenvalue weighted by molar-refractivity contribution is 5.78. The second-order valence-corrected chi connectivity index (χ2v) is 7.83. The summed E-state index contributed by atoms with van der Waals surface area (Å²) in [6.07, 6.45) is 2.57. The lowest BCUT2D eigenvalue weighted by molar-refractivity contribution is -0.676. The molecule has 1 amide bonds. The number of nitrogens with two attached hydrogens (primary N) is 1.